The van der Waals surface area contributed by atoms with Gasteiger partial charge in [0.15, 0.2) is 0 Å². The van der Waals surface area contributed by atoms with E-state index in [9.17, 15) is 27.2 Å². The standard InChI is InChI=1S/C38H48FN7O6S/c1-5-25-19-38(25,35(48)43-53(50,51)30-14-15-30)40-20-28-18-29(52-36(49)44-21-24-8-6-9-32(39)31(24)23-44)22-45(28)34(47)33(37(2,3)4)42-26-10-12-27(13-11-26)46-17-7-16-41-46/h6-13,16-17,25,28-30,33,40,42H,5,14-15,18-23H2,1-4H3,(H,43,48). The number of likely N-dealkylation sites (tertiary alicyclic amines) is 1. The number of benzene rings is 2. The van der Waals surface area contributed by atoms with Crippen LogP contribution in [0.15, 0.2) is 60.9 Å². The van der Waals surface area contributed by atoms with Gasteiger partial charge in [-0.1, -0.05) is 46.2 Å². The molecule has 3 N–H and O–H groups in total. The lowest BCUT2D eigenvalue weighted by atomic mass is 9.85. The number of hydrogen-bond acceptors (Lipinski definition) is 9. The number of amides is 3. The summed E-state index contributed by atoms with van der Waals surface area (Å²) in [7, 11) is -3.75. The molecule has 3 fully saturated rings. The zero-order chi connectivity index (χ0) is 37.7. The highest BCUT2D eigenvalue weighted by atomic mass is 32.2. The summed E-state index contributed by atoms with van der Waals surface area (Å²) in [5, 5.41) is 10.6. The van der Waals surface area contributed by atoms with Crippen molar-refractivity contribution in [1.82, 2.24) is 29.6 Å². The van der Waals surface area contributed by atoms with E-state index in [0.29, 0.717) is 37.7 Å². The van der Waals surface area contributed by atoms with Crippen molar-refractivity contribution < 1.29 is 31.9 Å². The van der Waals surface area contributed by atoms with Crippen molar-refractivity contribution in [2.45, 2.75) is 102 Å². The minimum Gasteiger partial charge on any atom is -0.444 e. The van der Waals surface area contributed by atoms with Gasteiger partial charge in [-0.05, 0) is 72.6 Å². The minimum absolute atomic E-state index is 0.0676. The Kier molecular flexibility index (Phi) is 9.77. The van der Waals surface area contributed by atoms with E-state index in [1.54, 1.807) is 27.9 Å². The van der Waals surface area contributed by atoms with Gasteiger partial charge in [-0.15, -0.1) is 0 Å². The van der Waals surface area contributed by atoms with Gasteiger partial charge in [0.1, 0.15) is 23.5 Å². The molecule has 5 unspecified atom stereocenters. The number of carbonyl (C=O) groups is 3. The van der Waals surface area contributed by atoms with Gasteiger partial charge in [-0.2, -0.15) is 5.10 Å². The minimum atomic E-state index is -3.75. The van der Waals surface area contributed by atoms with Crippen LogP contribution < -0.4 is 15.4 Å². The van der Waals surface area contributed by atoms with Crippen LogP contribution in [0.4, 0.5) is 14.9 Å². The van der Waals surface area contributed by atoms with Crippen molar-refractivity contribution in [3.05, 3.63) is 77.9 Å². The Bertz CT molecular complexity index is 1960. The Morgan fingerprint density at radius 2 is 1.83 bits per heavy atom. The second-order valence-corrected chi connectivity index (χ2v) is 17.9. The molecule has 2 saturated carbocycles. The summed E-state index contributed by atoms with van der Waals surface area (Å²) in [5.74, 6) is -1.20. The van der Waals surface area contributed by atoms with Crippen molar-refractivity contribution in [1.29, 1.82) is 0 Å². The summed E-state index contributed by atoms with van der Waals surface area (Å²) >= 11 is 0. The lowest BCUT2D eigenvalue weighted by Crippen LogP contribution is -2.56. The molecule has 3 heterocycles. The zero-order valence-corrected chi connectivity index (χ0v) is 31.4. The van der Waals surface area contributed by atoms with Crippen molar-refractivity contribution in [2.75, 3.05) is 18.4 Å². The number of sulfonamides is 1. The average Bonchev–Trinajstić information content (AvgIpc) is 3.91. The van der Waals surface area contributed by atoms with Gasteiger partial charge in [0.05, 0.1) is 24.0 Å². The fourth-order valence-corrected chi connectivity index (χ4v) is 9.01. The normalized spacial score (nSPS) is 24.4. The largest absolute Gasteiger partial charge is 0.444 e. The molecule has 2 aromatic carbocycles. The van der Waals surface area contributed by atoms with E-state index in [4.69, 9.17) is 4.74 Å². The highest BCUT2D eigenvalue weighted by Gasteiger charge is 2.60. The second-order valence-electron chi connectivity index (χ2n) is 15.9. The lowest BCUT2D eigenvalue weighted by molar-refractivity contribution is -0.135. The van der Waals surface area contributed by atoms with Crippen molar-refractivity contribution in [3.8, 4) is 5.69 Å². The number of ether oxygens (including phenoxy) is 1. The highest BCUT2D eigenvalue weighted by molar-refractivity contribution is 7.91. The maximum absolute atomic E-state index is 14.7. The first-order chi connectivity index (χ1) is 25.2. The molecule has 53 heavy (non-hydrogen) atoms. The molecule has 3 aromatic rings. The number of rotatable bonds is 12. The van der Waals surface area contributed by atoms with Crippen LogP contribution in [-0.4, -0.2) is 88.0 Å². The third-order valence-corrected chi connectivity index (χ3v) is 12.8. The summed E-state index contributed by atoms with van der Waals surface area (Å²) in [6.45, 7) is 8.50. The molecule has 2 aliphatic heterocycles. The molecular weight excluding hydrogens is 702 g/mol. The molecule has 13 nitrogen and oxygen atoms in total. The summed E-state index contributed by atoms with van der Waals surface area (Å²) in [6.07, 6.45) is 4.80. The van der Waals surface area contributed by atoms with E-state index in [2.05, 4.69) is 20.5 Å². The number of hydrogen-bond donors (Lipinski definition) is 3. The molecular formula is C38H48FN7O6S. The Morgan fingerprint density at radius 3 is 2.45 bits per heavy atom. The summed E-state index contributed by atoms with van der Waals surface area (Å²) in [6, 6.07) is 13.1. The average molecular weight is 750 g/mol. The molecule has 1 aromatic heterocycles. The SMILES string of the molecule is CCC1CC1(NCC1CC(OC(=O)N2Cc3cccc(F)c3C2)CN1C(=O)C(Nc1ccc(-n2cccn2)cc1)C(C)(C)C)C(=O)NS(=O)(=O)C1CC1. The molecule has 0 radical (unpaired) electrons. The first kappa shape index (κ1) is 36.8. The van der Waals surface area contributed by atoms with Gasteiger partial charge < -0.3 is 20.3 Å². The van der Waals surface area contributed by atoms with Crippen LogP contribution in [-0.2, 0) is 37.4 Å². The maximum atomic E-state index is 14.7. The Balaban J connectivity index is 1.10. The topological polar surface area (TPSA) is 155 Å². The van der Waals surface area contributed by atoms with Gasteiger partial charge in [0.25, 0.3) is 5.91 Å². The van der Waals surface area contributed by atoms with Crippen molar-refractivity contribution >= 4 is 33.6 Å². The fraction of sp³-hybridized carbons (Fsp3) is 0.526. The first-order valence-electron chi connectivity index (χ1n) is 18.4. The quantitative estimate of drug-likeness (QED) is 0.246. The van der Waals surface area contributed by atoms with Crippen LogP contribution in [0, 0.1) is 17.2 Å². The number of nitrogens with zero attached hydrogens (tertiary/aromatic N) is 4. The van der Waals surface area contributed by atoms with E-state index in [0.717, 1.165) is 16.9 Å². The highest BCUT2D eigenvalue weighted by Crippen LogP contribution is 2.47. The number of anilines is 1. The Hall–Kier alpha value is -4.50. The number of halogens is 1. The van der Waals surface area contributed by atoms with Crippen LogP contribution in [0.2, 0.25) is 0 Å². The molecule has 4 aliphatic rings. The monoisotopic (exact) mass is 749 g/mol. The van der Waals surface area contributed by atoms with Gasteiger partial charge in [0, 0.05) is 49.2 Å². The van der Waals surface area contributed by atoms with E-state index >= 15 is 0 Å². The fourth-order valence-electron chi connectivity index (χ4n) is 7.64. The number of nitrogens with one attached hydrogen (secondary N) is 3. The van der Waals surface area contributed by atoms with Gasteiger partial charge in [-0.25, -0.2) is 22.3 Å². The summed E-state index contributed by atoms with van der Waals surface area (Å²) < 4.78 is 50.0. The first-order valence-corrected chi connectivity index (χ1v) is 19.9. The molecule has 0 spiro atoms. The van der Waals surface area contributed by atoms with Gasteiger partial charge >= 0.3 is 6.09 Å². The third kappa shape index (κ3) is 7.63. The van der Waals surface area contributed by atoms with Crippen LogP contribution in [0.1, 0.15) is 70.9 Å². The molecule has 0 bridgehead atoms. The molecule has 7 rings (SSSR count). The van der Waals surface area contributed by atoms with Gasteiger partial charge in [0.2, 0.25) is 15.9 Å². The predicted molar refractivity (Wildman–Crippen MR) is 196 cm³/mol. The second kappa shape index (κ2) is 14.0. The van der Waals surface area contributed by atoms with Gasteiger partial charge in [-0.3, -0.25) is 19.2 Å². The number of aromatic nitrogens is 2. The third-order valence-electron chi connectivity index (χ3n) is 11.0. The van der Waals surface area contributed by atoms with E-state index < -0.39 is 56.4 Å². The Labute approximate surface area is 309 Å². The molecule has 2 aliphatic carbocycles. The lowest BCUT2D eigenvalue weighted by Gasteiger charge is -2.36. The van der Waals surface area contributed by atoms with E-state index in [1.807, 2.05) is 64.2 Å². The van der Waals surface area contributed by atoms with Crippen LogP contribution in [0.25, 0.3) is 5.69 Å². The van der Waals surface area contributed by atoms with E-state index in [1.165, 1.54) is 11.0 Å². The van der Waals surface area contributed by atoms with Crippen LogP contribution in [0.3, 0.4) is 0 Å². The predicted octanol–water partition coefficient (Wildman–Crippen LogP) is 4.33. The van der Waals surface area contributed by atoms with Crippen LogP contribution in [0.5, 0.6) is 0 Å². The number of fused-ring (bicyclic) bond motifs is 1. The summed E-state index contributed by atoms with van der Waals surface area (Å²) in [5.41, 5.74) is 1.18. The summed E-state index contributed by atoms with van der Waals surface area (Å²) in [4.78, 5) is 44.8. The maximum Gasteiger partial charge on any atom is 0.410 e. The zero-order valence-electron chi connectivity index (χ0n) is 30.5. The van der Waals surface area contributed by atoms with Crippen molar-refractivity contribution in [3.63, 3.8) is 0 Å². The molecule has 1 saturated heterocycles. The number of carbonyl (C=O) groups excluding carboxylic acids is 3. The molecule has 3 amide bonds. The van der Waals surface area contributed by atoms with Crippen molar-refractivity contribution in [2.24, 2.45) is 11.3 Å². The molecule has 15 heteroatoms. The Morgan fingerprint density at radius 1 is 1.08 bits per heavy atom. The van der Waals surface area contributed by atoms with Crippen LogP contribution >= 0.6 is 0 Å². The van der Waals surface area contributed by atoms with E-state index in [-0.39, 0.29) is 43.8 Å². The molecule has 5 atom stereocenters. The molecule has 284 valence electrons. The smallest absolute Gasteiger partial charge is 0.410 e.